The van der Waals surface area contributed by atoms with E-state index in [9.17, 15) is 13.2 Å². The van der Waals surface area contributed by atoms with Crippen LogP contribution < -0.4 is 0 Å². The molecule has 1 rings (SSSR count). The molecule has 6 heteroatoms. The Balaban J connectivity index is 2.97. The van der Waals surface area contributed by atoms with E-state index in [1.807, 2.05) is 0 Å². The zero-order chi connectivity index (χ0) is 7.61. The number of halogens is 3. The van der Waals surface area contributed by atoms with E-state index in [0.29, 0.717) is 0 Å². The molecule has 0 fully saturated rings. The third kappa shape index (κ3) is 1.40. The smallest absolute Gasteiger partial charge is 0.230 e. The SMILES string of the molecule is FC(F)(F)c1[c]ncnn1. The summed E-state index contributed by atoms with van der Waals surface area (Å²) >= 11 is 0. The minimum Gasteiger partial charge on any atom is -0.230 e. The number of hydrogen-bond acceptors (Lipinski definition) is 3. The van der Waals surface area contributed by atoms with Crippen LogP contribution in [-0.2, 0) is 6.18 Å². The fourth-order valence-electron chi connectivity index (χ4n) is 0.342. The molecular formula is C4HF3N3. The van der Waals surface area contributed by atoms with E-state index >= 15 is 0 Å². The molecule has 0 saturated heterocycles. The summed E-state index contributed by atoms with van der Waals surface area (Å²) in [7, 11) is 0. The second-order valence-corrected chi connectivity index (χ2v) is 1.42. The molecule has 0 N–H and O–H groups in total. The van der Waals surface area contributed by atoms with Gasteiger partial charge in [-0.2, -0.15) is 13.2 Å². The fraction of sp³-hybridized carbons (Fsp3) is 0.250. The predicted octanol–water partition coefficient (Wildman–Crippen LogP) is 0.691. The van der Waals surface area contributed by atoms with Crippen LogP contribution in [0.2, 0.25) is 0 Å². The zero-order valence-electron chi connectivity index (χ0n) is 4.55. The molecule has 0 spiro atoms. The number of nitrogens with zero attached hydrogens (tertiary/aromatic N) is 3. The summed E-state index contributed by atoms with van der Waals surface area (Å²) in [5, 5.41) is 5.70. The van der Waals surface area contributed by atoms with Crippen LogP contribution in [0, 0.1) is 6.20 Å². The van der Waals surface area contributed by atoms with Crippen LogP contribution in [-0.4, -0.2) is 15.2 Å². The van der Waals surface area contributed by atoms with Gasteiger partial charge in [0.15, 0.2) is 5.69 Å². The third-order valence-electron chi connectivity index (χ3n) is 0.706. The molecule has 1 aromatic heterocycles. The Morgan fingerprint density at radius 3 is 2.40 bits per heavy atom. The maximum Gasteiger partial charge on any atom is 0.437 e. The molecule has 3 nitrogen and oxygen atoms in total. The Labute approximate surface area is 53.9 Å². The summed E-state index contributed by atoms with van der Waals surface area (Å²) in [4.78, 5) is 3.03. The zero-order valence-corrected chi connectivity index (χ0v) is 4.55. The van der Waals surface area contributed by atoms with Gasteiger partial charge in [-0.05, 0) is 0 Å². The van der Waals surface area contributed by atoms with Crippen molar-refractivity contribution in [2.45, 2.75) is 6.18 Å². The van der Waals surface area contributed by atoms with Crippen molar-refractivity contribution in [3.05, 3.63) is 18.2 Å². The quantitative estimate of drug-likeness (QED) is 0.543. The van der Waals surface area contributed by atoms with Gasteiger partial charge in [0.05, 0.1) is 0 Å². The first-order valence-electron chi connectivity index (χ1n) is 2.23. The van der Waals surface area contributed by atoms with Crippen molar-refractivity contribution < 1.29 is 13.2 Å². The molecule has 0 aliphatic heterocycles. The van der Waals surface area contributed by atoms with Crippen LogP contribution in [0.25, 0.3) is 0 Å². The number of alkyl halides is 3. The van der Waals surface area contributed by atoms with Crippen LogP contribution >= 0.6 is 0 Å². The second kappa shape index (κ2) is 2.20. The molecule has 0 unspecified atom stereocenters. The van der Waals surface area contributed by atoms with Gasteiger partial charge in [0.1, 0.15) is 12.5 Å². The van der Waals surface area contributed by atoms with Gasteiger partial charge in [-0.15, -0.1) is 10.2 Å². The lowest BCUT2D eigenvalue weighted by Gasteiger charge is -2.00. The van der Waals surface area contributed by atoms with Gasteiger partial charge in [-0.3, -0.25) is 0 Å². The molecule has 0 aliphatic rings. The summed E-state index contributed by atoms with van der Waals surface area (Å²) in [5.74, 6) is 0. The summed E-state index contributed by atoms with van der Waals surface area (Å²) in [6.45, 7) is 0. The second-order valence-electron chi connectivity index (χ2n) is 1.42. The molecular weight excluding hydrogens is 147 g/mol. The largest absolute Gasteiger partial charge is 0.437 e. The Morgan fingerprint density at radius 1 is 1.40 bits per heavy atom. The summed E-state index contributed by atoms with van der Waals surface area (Å²) in [5.41, 5.74) is -1.20. The normalized spacial score (nSPS) is 11.5. The van der Waals surface area contributed by atoms with Gasteiger partial charge in [0.25, 0.3) is 0 Å². The van der Waals surface area contributed by atoms with Crippen LogP contribution in [0.5, 0.6) is 0 Å². The van der Waals surface area contributed by atoms with E-state index in [2.05, 4.69) is 15.2 Å². The van der Waals surface area contributed by atoms with E-state index in [1.54, 1.807) is 6.20 Å². The van der Waals surface area contributed by atoms with Gasteiger partial charge in [-0.25, -0.2) is 4.98 Å². The minimum absolute atomic E-state index is 0.884. The molecule has 0 amide bonds. The average molecular weight is 148 g/mol. The highest BCUT2D eigenvalue weighted by molar-refractivity contribution is 4.93. The maximum atomic E-state index is 11.6. The van der Waals surface area contributed by atoms with Crippen molar-refractivity contribution in [3.63, 3.8) is 0 Å². The first-order chi connectivity index (χ1) is 4.61. The third-order valence-corrected chi connectivity index (χ3v) is 0.706. The lowest BCUT2D eigenvalue weighted by molar-refractivity contribution is -0.142. The van der Waals surface area contributed by atoms with Gasteiger partial charge < -0.3 is 0 Å². The van der Waals surface area contributed by atoms with E-state index < -0.39 is 11.9 Å². The van der Waals surface area contributed by atoms with Crippen LogP contribution in [0.3, 0.4) is 0 Å². The first kappa shape index (κ1) is 6.91. The molecule has 1 heterocycles. The lowest BCUT2D eigenvalue weighted by atomic mass is 10.5. The maximum absolute atomic E-state index is 11.6. The van der Waals surface area contributed by atoms with Crippen LogP contribution in [0.1, 0.15) is 5.69 Å². The van der Waals surface area contributed by atoms with E-state index in [0.717, 1.165) is 6.33 Å². The van der Waals surface area contributed by atoms with Crippen LogP contribution in [0.15, 0.2) is 6.33 Å². The van der Waals surface area contributed by atoms with Gasteiger partial charge in [0.2, 0.25) is 0 Å². The molecule has 1 radical (unpaired) electrons. The van der Waals surface area contributed by atoms with Crippen molar-refractivity contribution in [2.75, 3.05) is 0 Å². The molecule has 0 aliphatic carbocycles. The van der Waals surface area contributed by atoms with Crippen molar-refractivity contribution >= 4 is 0 Å². The Morgan fingerprint density at radius 2 is 2.10 bits per heavy atom. The van der Waals surface area contributed by atoms with Crippen molar-refractivity contribution in [1.29, 1.82) is 0 Å². The van der Waals surface area contributed by atoms with E-state index in [-0.39, 0.29) is 0 Å². The first-order valence-corrected chi connectivity index (χ1v) is 2.23. The molecule has 0 aromatic carbocycles. The molecule has 0 bridgehead atoms. The summed E-state index contributed by atoms with van der Waals surface area (Å²) < 4.78 is 34.8. The van der Waals surface area contributed by atoms with Crippen molar-refractivity contribution in [3.8, 4) is 0 Å². The van der Waals surface area contributed by atoms with Crippen molar-refractivity contribution in [2.24, 2.45) is 0 Å². The fourth-order valence-corrected chi connectivity index (χ4v) is 0.342. The Hall–Kier alpha value is -1.20. The predicted molar refractivity (Wildman–Crippen MR) is 23.7 cm³/mol. The molecule has 10 heavy (non-hydrogen) atoms. The molecule has 0 saturated carbocycles. The molecule has 1 aromatic rings. The summed E-state index contributed by atoms with van der Waals surface area (Å²) in [6.07, 6.45) is -1.95. The van der Waals surface area contributed by atoms with Crippen molar-refractivity contribution in [1.82, 2.24) is 15.2 Å². The van der Waals surface area contributed by atoms with Gasteiger partial charge in [-0.1, -0.05) is 0 Å². The Bertz CT molecular complexity index is 207. The Kier molecular flexibility index (Phi) is 1.52. The minimum atomic E-state index is -4.50. The van der Waals surface area contributed by atoms with Gasteiger partial charge >= 0.3 is 6.18 Å². The number of aromatic nitrogens is 3. The lowest BCUT2D eigenvalue weighted by Crippen LogP contribution is -2.09. The standard InChI is InChI=1S/C4HF3N3/c5-4(6,7)3-1-8-2-9-10-3/h2H. The van der Waals surface area contributed by atoms with E-state index in [4.69, 9.17) is 0 Å². The summed E-state index contributed by atoms with van der Waals surface area (Å²) in [6, 6.07) is 0. The molecule has 0 atom stereocenters. The highest BCUT2D eigenvalue weighted by Gasteiger charge is 2.33. The highest BCUT2D eigenvalue weighted by Crippen LogP contribution is 2.25. The monoisotopic (exact) mass is 148 g/mol. The average Bonchev–Trinajstić information content (AvgIpc) is 1.88. The topological polar surface area (TPSA) is 38.7 Å². The van der Waals surface area contributed by atoms with Gasteiger partial charge in [0, 0.05) is 0 Å². The molecule has 53 valence electrons. The van der Waals surface area contributed by atoms with Crippen LogP contribution in [0.4, 0.5) is 13.2 Å². The number of hydrogen-bond donors (Lipinski definition) is 0. The highest BCUT2D eigenvalue weighted by atomic mass is 19.4. The number of rotatable bonds is 0. The van der Waals surface area contributed by atoms with E-state index in [1.165, 1.54) is 0 Å².